The number of hydrogen-bond acceptors (Lipinski definition) is 3. The van der Waals surface area contributed by atoms with Gasteiger partial charge in [0.2, 0.25) is 0 Å². The molecular formula is C16H24O3. The minimum absolute atomic E-state index is 0.0815. The van der Waals surface area contributed by atoms with E-state index in [9.17, 15) is 9.90 Å². The van der Waals surface area contributed by atoms with Crippen LogP contribution in [0.15, 0.2) is 24.3 Å². The van der Waals surface area contributed by atoms with E-state index in [4.69, 9.17) is 4.74 Å². The highest BCUT2D eigenvalue weighted by Crippen LogP contribution is 2.24. The van der Waals surface area contributed by atoms with Crippen molar-refractivity contribution < 1.29 is 14.6 Å². The minimum Gasteiger partial charge on any atom is -0.465 e. The fraction of sp³-hybridized carbons (Fsp3) is 0.562. The van der Waals surface area contributed by atoms with Crippen molar-refractivity contribution in [2.24, 2.45) is 5.92 Å². The van der Waals surface area contributed by atoms with Crippen molar-refractivity contribution in [3.05, 3.63) is 35.4 Å². The van der Waals surface area contributed by atoms with Gasteiger partial charge in [0.15, 0.2) is 0 Å². The molecule has 1 N–H and O–H groups in total. The maximum Gasteiger partial charge on any atom is 0.308 e. The normalized spacial score (nSPS) is 14.2. The first-order valence-electron chi connectivity index (χ1n) is 6.85. The zero-order valence-corrected chi connectivity index (χ0v) is 12.3. The van der Waals surface area contributed by atoms with Crippen molar-refractivity contribution >= 4 is 5.97 Å². The van der Waals surface area contributed by atoms with Crippen LogP contribution in [0.1, 0.15) is 45.2 Å². The summed E-state index contributed by atoms with van der Waals surface area (Å²) in [4.78, 5) is 11.3. The molecule has 1 aromatic rings. The Bertz CT molecular complexity index is 405. The van der Waals surface area contributed by atoms with Crippen LogP contribution in [0.5, 0.6) is 0 Å². The molecule has 0 saturated heterocycles. The fourth-order valence-electron chi connectivity index (χ4n) is 1.67. The van der Waals surface area contributed by atoms with Crippen LogP contribution in [0.25, 0.3) is 0 Å². The first-order chi connectivity index (χ1) is 8.86. The van der Waals surface area contributed by atoms with Crippen LogP contribution >= 0.6 is 0 Å². The Balaban J connectivity index is 2.52. The zero-order valence-electron chi connectivity index (χ0n) is 12.3. The Kier molecular flexibility index (Phi) is 5.55. The molecule has 0 spiro atoms. The van der Waals surface area contributed by atoms with E-state index in [2.05, 4.69) is 0 Å². The second-order valence-corrected chi connectivity index (χ2v) is 5.40. The largest absolute Gasteiger partial charge is 0.465 e. The molecule has 0 aromatic heterocycles. The molecular weight excluding hydrogens is 240 g/mol. The van der Waals surface area contributed by atoms with Gasteiger partial charge in [-0.05, 0) is 24.5 Å². The molecule has 3 nitrogen and oxygen atoms in total. The van der Waals surface area contributed by atoms with E-state index in [1.54, 1.807) is 0 Å². The van der Waals surface area contributed by atoms with Crippen LogP contribution in [0.2, 0.25) is 0 Å². The van der Waals surface area contributed by atoms with Gasteiger partial charge in [0.1, 0.15) is 0 Å². The number of esters is 1. The summed E-state index contributed by atoms with van der Waals surface area (Å²) in [5.74, 6) is -0.243. The standard InChI is InChI=1S/C16H24O3/c1-5-16(4,18)14-8-6-13(7-9-14)10-11-19-15(17)12(2)3/h6-9,12,18H,5,10-11H2,1-4H3. The topological polar surface area (TPSA) is 46.5 Å². The van der Waals surface area contributed by atoms with E-state index < -0.39 is 5.60 Å². The molecule has 0 aliphatic heterocycles. The van der Waals surface area contributed by atoms with Gasteiger partial charge in [0.05, 0.1) is 18.1 Å². The molecule has 0 fully saturated rings. The SMILES string of the molecule is CCC(C)(O)c1ccc(CCOC(=O)C(C)C)cc1. The van der Waals surface area contributed by atoms with E-state index in [0.717, 1.165) is 11.1 Å². The quantitative estimate of drug-likeness (QED) is 0.803. The van der Waals surface area contributed by atoms with Crippen molar-refractivity contribution in [1.29, 1.82) is 0 Å². The van der Waals surface area contributed by atoms with Gasteiger partial charge < -0.3 is 9.84 Å². The molecule has 0 aliphatic carbocycles. The van der Waals surface area contributed by atoms with Crippen LogP contribution in [0.3, 0.4) is 0 Å². The summed E-state index contributed by atoms with van der Waals surface area (Å²) in [5.41, 5.74) is 1.24. The third kappa shape index (κ3) is 4.67. The molecule has 19 heavy (non-hydrogen) atoms. The van der Waals surface area contributed by atoms with E-state index >= 15 is 0 Å². The molecule has 3 heteroatoms. The number of rotatable bonds is 6. The average molecular weight is 264 g/mol. The summed E-state index contributed by atoms with van der Waals surface area (Å²) in [6.45, 7) is 7.82. The fourth-order valence-corrected chi connectivity index (χ4v) is 1.67. The highest BCUT2D eigenvalue weighted by atomic mass is 16.5. The lowest BCUT2D eigenvalue weighted by Crippen LogP contribution is -2.19. The highest BCUT2D eigenvalue weighted by Gasteiger charge is 2.19. The summed E-state index contributed by atoms with van der Waals surface area (Å²) in [6.07, 6.45) is 1.38. The number of carbonyl (C=O) groups is 1. The first kappa shape index (κ1) is 15.7. The predicted molar refractivity (Wildman–Crippen MR) is 75.8 cm³/mol. The number of carbonyl (C=O) groups excluding carboxylic acids is 1. The summed E-state index contributed by atoms with van der Waals surface area (Å²) >= 11 is 0. The predicted octanol–water partition coefficient (Wildman–Crippen LogP) is 3.05. The average Bonchev–Trinajstić information content (AvgIpc) is 2.39. The Labute approximate surface area is 115 Å². The van der Waals surface area contributed by atoms with Gasteiger partial charge in [-0.3, -0.25) is 4.79 Å². The monoisotopic (exact) mass is 264 g/mol. The Hall–Kier alpha value is -1.35. The van der Waals surface area contributed by atoms with Crippen LogP contribution in [0, 0.1) is 5.92 Å². The molecule has 0 radical (unpaired) electrons. The number of hydrogen-bond donors (Lipinski definition) is 1. The maximum absolute atomic E-state index is 11.3. The third-order valence-corrected chi connectivity index (χ3v) is 3.37. The molecule has 0 heterocycles. The van der Waals surface area contributed by atoms with Gasteiger partial charge in [0.25, 0.3) is 0 Å². The summed E-state index contributed by atoms with van der Waals surface area (Å²) in [5, 5.41) is 10.1. The van der Waals surface area contributed by atoms with Crippen molar-refractivity contribution in [1.82, 2.24) is 0 Å². The summed E-state index contributed by atoms with van der Waals surface area (Å²) < 4.78 is 5.14. The van der Waals surface area contributed by atoms with E-state index in [-0.39, 0.29) is 11.9 Å². The second kappa shape index (κ2) is 6.71. The summed E-state index contributed by atoms with van der Waals surface area (Å²) in [7, 11) is 0. The third-order valence-electron chi connectivity index (χ3n) is 3.37. The molecule has 1 aromatic carbocycles. The van der Waals surface area contributed by atoms with Gasteiger partial charge in [-0.2, -0.15) is 0 Å². The van der Waals surface area contributed by atoms with Gasteiger partial charge in [-0.1, -0.05) is 45.0 Å². The number of ether oxygens (including phenoxy) is 1. The molecule has 1 unspecified atom stereocenters. The van der Waals surface area contributed by atoms with Crippen molar-refractivity contribution in [2.45, 2.75) is 46.1 Å². The lowest BCUT2D eigenvalue weighted by atomic mass is 9.92. The lowest BCUT2D eigenvalue weighted by molar-refractivity contribution is -0.147. The van der Waals surface area contributed by atoms with Crippen LogP contribution < -0.4 is 0 Å². The number of aliphatic hydroxyl groups is 1. The van der Waals surface area contributed by atoms with Crippen LogP contribution in [-0.2, 0) is 21.6 Å². The minimum atomic E-state index is -0.775. The van der Waals surface area contributed by atoms with Crippen molar-refractivity contribution in [3.8, 4) is 0 Å². The second-order valence-electron chi connectivity index (χ2n) is 5.40. The molecule has 0 amide bonds. The molecule has 1 atom stereocenters. The van der Waals surface area contributed by atoms with Crippen LogP contribution in [0.4, 0.5) is 0 Å². The Morgan fingerprint density at radius 2 is 1.89 bits per heavy atom. The van der Waals surface area contributed by atoms with Crippen molar-refractivity contribution in [2.75, 3.05) is 6.61 Å². The Morgan fingerprint density at radius 1 is 1.32 bits per heavy atom. The van der Waals surface area contributed by atoms with E-state index in [1.165, 1.54) is 0 Å². The van der Waals surface area contributed by atoms with Gasteiger partial charge in [0, 0.05) is 6.42 Å². The highest BCUT2D eigenvalue weighted by molar-refractivity contribution is 5.71. The lowest BCUT2D eigenvalue weighted by Gasteiger charge is -2.22. The van der Waals surface area contributed by atoms with Crippen LogP contribution in [-0.4, -0.2) is 17.7 Å². The van der Waals surface area contributed by atoms with E-state index in [1.807, 2.05) is 52.0 Å². The van der Waals surface area contributed by atoms with Crippen molar-refractivity contribution in [3.63, 3.8) is 0 Å². The molecule has 1 rings (SSSR count). The summed E-state index contributed by atoms with van der Waals surface area (Å²) in [6, 6.07) is 7.82. The van der Waals surface area contributed by atoms with Gasteiger partial charge >= 0.3 is 5.97 Å². The first-order valence-corrected chi connectivity index (χ1v) is 6.85. The maximum atomic E-state index is 11.3. The van der Waals surface area contributed by atoms with E-state index in [0.29, 0.717) is 19.4 Å². The molecule has 106 valence electrons. The van der Waals surface area contributed by atoms with Gasteiger partial charge in [-0.25, -0.2) is 0 Å². The molecule has 0 saturated carbocycles. The van der Waals surface area contributed by atoms with Gasteiger partial charge in [-0.15, -0.1) is 0 Å². The number of benzene rings is 1. The molecule has 0 aliphatic rings. The Morgan fingerprint density at radius 3 is 2.37 bits per heavy atom. The zero-order chi connectivity index (χ0) is 14.5. The molecule has 0 bridgehead atoms. The smallest absolute Gasteiger partial charge is 0.308 e.